The Bertz CT molecular complexity index is 295. The Labute approximate surface area is 121 Å². The Balaban J connectivity index is 4.48. The van der Waals surface area contributed by atoms with Crippen molar-refractivity contribution in [1.29, 1.82) is 0 Å². The number of urea groups is 1. The molecule has 20 heavy (non-hydrogen) atoms. The van der Waals surface area contributed by atoms with E-state index in [9.17, 15) is 9.59 Å². The van der Waals surface area contributed by atoms with Gasteiger partial charge >= 0.3 is 12.0 Å². The van der Waals surface area contributed by atoms with Gasteiger partial charge in [-0.25, -0.2) is 9.59 Å². The van der Waals surface area contributed by atoms with E-state index in [1.807, 2.05) is 20.8 Å². The SMILES string of the molecule is CCC(CC)(CC)NC(=O)NC(CCCOC)C(=O)O. The molecule has 0 rings (SSSR count). The van der Waals surface area contributed by atoms with Crippen LogP contribution in [0.4, 0.5) is 4.79 Å². The summed E-state index contributed by atoms with van der Waals surface area (Å²) in [5.74, 6) is -1.02. The summed E-state index contributed by atoms with van der Waals surface area (Å²) >= 11 is 0. The average Bonchev–Trinajstić information content (AvgIpc) is 2.44. The highest BCUT2D eigenvalue weighted by molar-refractivity contribution is 5.82. The number of aliphatic carboxylic acids is 1. The number of hydrogen-bond acceptors (Lipinski definition) is 3. The quantitative estimate of drug-likeness (QED) is 0.537. The summed E-state index contributed by atoms with van der Waals surface area (Å²) in [7, 11) is 1.56. The number of rotatable bonds is 10. The van der Waals surface area contributed by atoms with Gasteiger partial charge in [-0.1, -0.05) is 20.8 Å². The van der Waals surface area contributed by atoms with Crippen molar-refractivity contribution in [1.82, 2.24) is 10.6 Å². The molecule has 0 saturated heterocycles. The highest BCUT2D eigenvalue weighted by Crippen LogP contribution is 2.18. The normalized spacial score (nSPS) is 12.8. The van der Waals surface area contributed by atoms with Crippen LogP contribution in [-0.4, -0.2) is 42.4 Å². The van der Waals surface area contributed by atoms with Crippen LogP contribution in [0.5, 0.6) is 0 Å². The molecule has 1 atom stereocenters. The smallest absolute Gasteiger partial charge is 0.326 e. The van der Waals surface area contributed by atoms with E-state index in [0.717, 1.165) is 19.3 Å². The second-order valence-corrected chi connectivity index (χ2v) is 4.97. The number of carboxylic acid groups (broad SMARTS) is 1. The number of nitrogens with one attached hydrogen (secondary N) is 2. The van der Waals surface area contributed by atoms with Crippen molar-refractivity contribution in [3.63, 3.8) is 0 Å². The first-order chi connectivity index (χ1) is 9.44. The second kappa shape index (κ2) is 9.58. The van der Waals surface area contributed by atoms with Gasteiger partial charge in [0.15, 0.2) is 0 Å². The van der Waals surface area contributed by atoms with Crippen LogP contribution in [-0.2, 0) is 9.53 Å². The molecule has 0 heterocycles. The second-order valence-electron chi connectivity index (χ2n) is 4.97. The van der Waals surface area contributed by atoms with Crippen molar-refractivity contribution in [3.8, 4) is 0 Å². The van der Waals surface area contributed by atoms with E-state index in [0.29, 0.717) is 19.4 Å². The summed E-state index contributed by atoms with van der Waals surface area (Å²) in [5, 5.41) is 14.5. The number of methoxy groups -OCH3 is 1. The molecular weight excluding hydrogens is 260 g/mol. The van der Waals surface area contributed by atoms with Crippen LogP contribution in [0.1, 0.15) is 52.9 Å². The lowest BCUT2D eigenvalue weighted by atomic mass is 9.90. The molecule has 0 bridgehead atoms. The maximum absolute atomic E-state index is 12.0. The van der Waals surface area contributed by atoms with E-state index in [4.69, 9.17) is 9.84 Å². The van der Waals surface area contributed by atoms with Gasteiger partial charge in [0, 0.05) is 19.3 Å². The molecule has 118 valence electrons. The van der Waals surface area contributed by atoms with Gasteiger partial charge in [-0.05, 0) is 32.1 Å². The third-order valence-corrected chi connectivity index (χ3v) is 3.85. The standard InChI is InChI=1S/C14H28N2O4/c1-5-14(6-2,7-3)16-13(19)15-11(12(17)18)9-8-10-20-4/h11H,5-10H2,1-4H3,(H,17,18)(H2,15,16,19). The van der Waals surface area contributed by atoms with Crippen molar-refractivity contribution in [3.05, 3.63) is 0 Å². The Morgan fingerprint density at radius 3 is 2.15 bits per heavy atom. The molecule has 1 unspecified atom stereocenters. The molecule has 0 aliphatic rings. The van der Waals surface area contributed by atoms with Crippen molar-refractivity contribution in [2.75, 3.05) is 13.7 Å². The van der Waals surface area contributed by atoms with Crippen LogP contribution in [0.2, 0.25) is 0 Å². The molecule has 0 aromatic heterocycles. The number of hydrogen-bond donors (Lipinski definition) is 3. The zero-order chi connectivity index (χ0) is 15.6. The van der Waals surface area contributed by atoms with Crippen molar-refractivity contribution >= 4 is 12.0 Å². The summed E-state index contributed by atoms with van der Waals surface area (Å²) in [6.07, 6.45) is 3.39. The number of ether oxygens (including phenoxy) is 1. The maximum Gasteiger partial charge on any atom is 0.326 e. The fourth-order valence-electron chi connectivity index (χ4n) is 2.14. The van der Waals surface area contributed by atoms with Gasteiger partial charge in [-0.2, -0.15) is 0 Å². The molecule has 0 aromatic carbocycles. The molecule has 0 radical (unpaired) electrons. The first-order valence-corrected chi connectivity index (χ1v) is 7.25. The monoisotopic (exact) mass is 288 g/mol. The van der Waals surface area contributed by atoms with E-state index in [2.05, 4.69) is 10.6 Å². The highest BCUT2D eigenvalue weighted by Gasteiger charge is 2.28. The molecule has 0 aliphatic heterocycles. The van der Waals surface area contributed by atoms with Crippen molar-refractivity contribution < 1.29 is 19.4 Å². The molecule has 6 heteroatoms. The topological polar surface area (TPSA) is 87.7 Å². The molecule has 0 aliphatic carbocycles. The van der Waals surface area contributed by atoms with E-state index in [1.54, 1.807) is 7.11 Å². The first-order valence-electron chi connectivity index (χ1n) is 7.25. The number of carboxylic acids is 1. The Morgan fingerprint density at radius 2 is 1.75 bits per heavy atom. The predicted molar refractivity (Wildman–Crippen MR) is 77.8 cm³/mol. The zero-order valence-corrected chi connectivity index (χ0v) is 13.0. The lowest BCUT2D eigenvalue weighted by molar-refractivity contribution is -0.139. The van der Waals surface area contributed by atoms with E-state index in [-0.39, 0.29) is 5.54 Å². The van der Waals surface area contributed by atoms with Crippen LogP contribution in [0.25, 0.3) is 0 Å². The molecule has 0 saturated carbocycles. The molecule has 0 aromatic rings. The van der Waals surface area contributed by atoms with Gasteiger partial charge in [0.25, 0.3) is 0 Å². The number of carbonyl (C=O) groups excluding carboxylic acids is 1. The molecule has 0 spiro atoms. The molecule has 3 N–H and O–H groups in total. The number of carbonyl (C=O) groups is 2. The average molecular weight is 288 g/mol. The minimum absolute atomic E-state index is 0.264. The third-order valence-electron chi connectivity index (χ3n) is 3.85. The first kappa shape index (κ1) is 18.7. The van der Waals surface area contributed by atoms with Crippen LogP contribution >= 0.6 is 0 Å². The van der Waals surface area contributed by atoms with Crippen molar-refractivity contribution in [2.45, 2.75) is 64.5 Å². The Hall–Kier alpha value is -1.30. The fraction of sp³-hybridized carbons (Fsp3) is 0.857. The highest BCUT2D eigenvalue weighted by atomic mass is 16.5. The minimum Gasteiger partial charge on any atom is -0.480 e. The van der Waals surface area contributed by atoms with Gasteiger partial charge in [0.05, 0.1) is 0 Å². The lowest BCUT2D eigenvalue weighted by Crippen LogP contribution is -2.54. The van der Waals surface area contributed by atoms with Gasteiger partial charge in [-0.3, -0.25) is 0 Å². The zero-order valence-electron chi connectivity index (χ0n) is 13.0. The predicted octanol–water partition coefficient (Wildman–Crippen LogP) is 2.13. The molecular formula is C14H28N2O4. The lowest BCUT2D eigenvalue weighted by Gasteiger charge is -2.32. The van der Waals surface area contributed by atoms with Gasteiger partial charge in [0.1, 0.15) is 6.04 Å². The largest absolute Gasteiger partial charge is 0.480 e. The minimum atomic E-state index is -1.02. The summed E-state index contributed by atoms with van der Waals surface area (Å²) in [6.45, 7) is 6.53. The molecule has 2 amide bonds. The van der Waals surface area contributed by atoms with Gasteiger partial charge < -0.3 is 20.5 Å². The summed E-state index contributed by atoms with van der Waals surface area (Å²) < 4.78 is 4.89. The maximum atomic E-state index is 12.0. The van der Waals surface area contributed by atoms with Crippen LogP contribution in [0.15, 0.2) is 0 Å². The van der Waals surface area contributed by atoms with Crippen LogP contribution < -0.4 is 10.6 Å². The van der Waals surface area contributed by atoms with Crippen LogP contribution in [0.3, 0.4) is 0 Å². The molecule has 6 nitrogen and oxygen atoms in total. The summed E-state index contributed by atoms with van der Waals surface area (Å²) in [4.78, 5) is 23.1. The van der Waals surface area contributed by atoms with Crippen molar-refractivity contribution in [2.24, 2.45) is 0 Å². The Morgan fingerprint density at radius 1 is 1.20 bits per heavy atom. The van der Waals surface area contributed by atoms with Gasteiger partial charge in [0.2, 0.25) is 0 Å². The summed E-state index contributed by atoms with van der Waals surface area (Å²) in [6, 6.07) is -1.30. The van der Waals surface area contributed by atoms with Crippen LogP contribution in [0, 0.1) is 0 Å². The fourth-order valence-corrected chi connectivity index (χ4v) is 2.14. The number of amides is 2. The van der Waals surface area contributed by atoms with Gasteiger partial charge in [-0.15, -0.1) is 0 Å². The summed E-state index contributed by atoms with van der Waals surface area (Å²) in [5.41, 5.74) is -0.264. The van der Waals surface area contributed by atoms with E-state index < -0.39 is 18.0 Å². The van der Waals surface area contributed by atoms with E-state index in [1.165, 1.54) is 0 Å². The Kier molecular flexibility index (Phi) is 8.96. The van der Waals surface area contributed by atoms with E-state index >= 15 is 0 Å². The third kappa shape index (κ3) is 6.23. The molecule has 0 fully saturated rings.